The Morgan fingerprint density at radius 2 is 1.30 bits per heavy atom. The molecule has 0 saturated carbocycles. The van der Waals surface area contributed by atoms with Gasteiger partial charge in [0.2, 0.25) is 4.69 Å². The zero-order valence-corrected chi connectivity index (χ0v) is 13.7. The first-order valence-corrected chi connectivity index (χ1v) is 6.60. The second-order valence-electron chi connectivity index (χ2n) is 1.35. The molecule has 0 rings (SSSR count). The van der Waals surface area contributed by atoms with Gasteiger partial charge >= 0.3 is 0 Å². The van der Waals surface area contributed by atoms with E-state index in [1.54, 1.807) is 0 Å². The van der Waals surface area contributed by atoms with Gasteiger partial charge in [-0.3, -0.25) is 4.79 Å². The Balaban J connectivity index is 4.57. The van der Waals surface area contributed by atoms with E-state index in [1.807, 2.05) is 0 Å². The molecule has 0 fully saturated rings. The second kappa shape index (κ2) is 4.17. The maximum absolute atomic E-state index is 10.8. The molecule has 1 nitrogen and oxygen atoms in total. The van der Waals surface area contributed by atoms with Gasteiger partial charge in [0.05, 0.1) is 0 Å². The second-order valence-corrected chi connectivity index (χ2v) is 12.3. The number of alkyl halides is 5. The van der Waals surface area contributed by atoms with Crippen LogP contribution in [0.15, 0.2) is 0 Å². The summed E-state index contributed by atoms with van der Waals surface area (Å²) in [5, 5.41) is 0. The Bertz CT molecular complexity index is 146. The van der Waals surface area contributed by atoms with Crippen LogP contribution in [0.5, 0.6) is 0 Å². The highest BCUT2D eigenvalue weighted by atomic mass is 80.0. The predicted octanol–water partition coefficient (Wildman–Crippen LogP) is 4.23. The van der Waals surface area contributed by atoms with Gasteiger partial charge < -0.3 is 0 Å². The fourth-order valence-corrected chi connectivity index (χ4v) is 1.75. The SMILES string of the molecule is O=C(Br)C(Br)(Br)C(Br)(Br)Br. The van der Waals surface area contributed by atoms with Crippen molar-refractivity contribution in [3.8, 4) is 0 Å². The topological polar surface area (TPSA) is 17.1 Å². The maximum Gasteiger partial charge on any atom is 0.228 e. The Morgan fingerprint density at radius 1 is 1.00 bits per heavy atom. The van der Waals surface area contributed by atoms with Gasteiger partial charge in [-0.15, -0.1) is 0 Å². The quantitative estimate of drug-likeness (QED) is 0.366. The molecule has 0 aromatic carbocycles. The summed E-state index contributed by atoms with van der Waals surface area (Å²) < 4.78 is -1.85. The number of carbonyl (C=O) groups is 1. The molecule has 0 N–H and O–H groups in total. The lowest BCUT2D eigenvalue weighted by atomic mass is 10.5. The van der Waals surface area contributed by atoms with E-state index in [1.165, 1.54) is 0 Å². The average Bonchev–Trinajstić information content (AvgIpc) is 1.62. The number of rotatable bonds is 1. The molecule has 7 heteroatoms. The number of hydrogen-bond acceptors (Lipinski definition) is 1. The van der Waals surface area contributed by atoms with Crippen LogP contribution in [0.4, 0.5) is 0 Å². The van der Waals surface area contributed by atoms with Crippen molar-refractivity contribution in [1.29, 1.82) is 0 Å². The highest BCUT2D eigenvalue weighted by Gasteiger charge is 2.48. The number of halogens is 6. The molecule has 0 bridgehead atoms. The lowest BCUT2D eigenvalue weighted by Gasteiger charge is -2.25. The van der Waals surface area contributed by atoms with Crippen molar-refractivity contribution in [3.63, 3.8) is 0 Å². The van der Waals surface area contributed by atoms with Crippen molar-refractivity contribution >= 4 is 100 Å². The first kappa shape index (κ1) is 12.6. The molecule has 0 radical (unpaired) electrons. The van der Waals surface area contributed by atoms with Crippen molar-refractivity contribution in [2.75, 3.05) is 0 Å². The third-order valence-electron chi connectivity index (χ3n) is 0.603. The summed E-state index contributed by atoms with van der Waals surface area (Å²) in [6.07, 6.45) is 0. The standard InChI is InChI=1S/C3Br6O/c4-1(10)2(5,6)3(7,8)9. The van der Waals surface area contributed by atoms with Gasteiger partial charge in [0.1, 0.15) is 0 Å². The molecular weight excluding hydrogens is 531 g/mol. The minimum Gasteiger partial charge on any atom is -0.284 e. The van der Waals surface area contributed by atoms with Crippen molar-refractivity contribution < 1.29 is 4.79 Å². The van der Waals surface area contributed by atoms with Gasteiger partial charge in [0.25, 0.3) is 0 Å². The first-order chi connectivity index (χ1) is 4.19. The van der Waals surface area contributed by atoms with Crippen LogP contribution in [0.25, 0.3) is 0 Å². The van der Waals surface area contributed by atoms with Crippen molar-refractivity contribution in [1.82, 2.24) is 0 Å². The Hall–Kier alpha value is 2.55. The van der Waals surface area contributed by atoms with Crippen LogP contribution in [-0.4, -0.2) is 10.1 Å². The van der Waals surface area contributed by atoms with Crippen LogP contribution in [0, 0.1) is 0 Å². The van der Waals surface area contributed by atoms with Crippen molar-refractivity contribution in [2.24, 2.45) is 0 Å². The van der Waals surface area contributed by atoms with Crippen LogP contribution in [0.3, 0.4) is 0 Å². The van der Waals surface area contributed by atoms with Gasteiger partial charge in [0.15, 0.2) is 5.38 Å². The highest BCUT2D eigenvalue weighted by molar-refractivity contribution is 9.42. The molecule has 0 aliphatic rings. The first-order valence-electron chi connectivity index (χ1n) is 1.84. The van der Waals surface area contributed by atoms with Gasteiger partial charge in [-0.1, -0.05) is 79.6 Å². The largest absolute Gasteiger partial charge is 0.284 e. The van der Waals surface area contributed by atoms with E-state index in [0.717, 1.165) is 0 Å². The van der Waals surface area contributed by atoms with E-state index in [-0.39, 0.29) is 4.69 Å². The molecule has 0 heterocycles. The fraction of sp³-hybridized carbons (Fsp3) is 0.667. The molecule has 10 heavy (non-hydrogen) atoms. The normalized spacial score (nSPS) is 13.4. The molecule has 0 atom stereocenters. The lowest BCUT2D eigenvalue weighted by Crippen LogP contribution is -2.33. The van der Waals surface area contributed by atoms with Gasteiger partial charge in [-0.05, 0) is 15.9 Å². The Morgan fingerprint density at radius 3 is 1.30 bits per heavy atom. The molecule has 0 amide bonds. The summed E-state index contributed by atoms with van der Waals surface area (Å²) in [7, 11) is 0. The molecule has 0 aliphatic carbocycles. The molecule has 0 unspecified atom stereocenters. The summed E-state index contributed by atoms with van der Waals surface area (Å²) in [4.78, 5) is 10.8. The zero-order valence-electron chi connectivity index (χ0n) is 4.18. The van der Waals surface area contributed by atoms with E-state index in [2.05, 4.69) is 95.6 Å². The summed E-state index contributed by atoms with van der Waals surface area (Å²) in [5.74, 6) is 0. The van der Waals surface area contributed by atoms with Crippen LogP contribution >= 0.6 is 95.6 Å². The molecule has 0 saturated heterocycles. The highest BCUT2D eigenvalue weighted by Crippen LogP contribution is 2.53. The lowest BCUT2D eigenvalue weighted by molar-refractivity contribution is -0.110. The molecule has 0 aromatic rings. The molecule has 60 valence electrons. The number of carbonyl (C=O) groups excluding carboxylic acids is 1. The zero-order chi connectivity index (χ0) is 8.58. The molecule has 0 aliphatic heterocycles. The Labute approximate surface area is 109 Å². The summed E-state index contributed by atoms with van der Waals surface area (Å²) >= 11 is 18.7. The van der Waals surface area contributed by atoms with Gasteiger partial charge in [0, 0.05) is 0 Å². The van der Waals surface area contributed by atoms with E-state index >= 15 is 0 Å². The summed E-state index contributed by atoms with van der Waals surface area (Å²) in [6.45, 7) is 0. The third kappa shape index (κ3) is 3.12. The monoisotopic (exact) mass is 526 g/mol. The molecule has 0 spiro atoms. The van der Waals surface area contributed by atoms with Crippen LogP contribution < -0.4 is 0 Å². The number of hydrogen-bond donors (Lipinski definition) is 0. The van der Waals surface area contributed by atoms with E-state index in [0.29, 0.717) is 0 Å². The van der Waals surface area contributed by atoms with E-state index < -0.39 is 5.38 Å². The van der Waals surface area contributed by atoms with E-state index in [4.69, 9.17) is 0 Å². The van der Waals surface area contributed by atoms with Crippen LogP contribution in [0.1, 0.15) is 0 Å². The fourth-order valence-electron chi connectivity index (χ4n) is 0.111. The molecule has 0 aromatic heterocycles. The smallest absolute Gasteiger partial charge is 0.228 e. The average molecular weight is 531 g/mol. The third-order valence-corrected chi connectivity index (χ3v) is 9.15. The predicted molar refractivity (Wildman–Crippen MR) is 64.0 cm³/mol. The Kier molecular flexibility index (Phi) is 5.24. The van der Waals surface area contributed by atoms with Crippen LogP contribution in [0.2, 0.25) is 0 Å². The van der Waals surface area contributed by atoms with Crippen molar-refractivity contribution in [3.05, 3.63) is 0 Å². The van der Waals surface area contributed by atoms with Crippen LogP contribution in [-0.2, 0) is 4.79 Å². The summed E-state index contributed by atoms with van der Waals surface area (Å²) in [6, 6.07) is 0. The molecular formula is C3Br6O. The summed E-state index contributed by atoms with van der Waals surface area (Å²) in [5.41, 5.74) is 0. The van der Waals surface area contributed by atoms with Gasteiger partial charge in [-0.2, -0.15) is 0 Å². The minimum atomic E-state index is -0.910. The van der Waals surface area contributed by atoms with Crippen molar-refractivity contribution in [2.45, 2.75) is 5.38 Å². The maximum atomic E-state index is 10.8. The van der Waals surface area contributed by atoms with E-state index in [9.17, 15) is 4.79 Å². The van der Waals surface area contributed by atoms with Gasteiger partial charge in [-0.25, -0.2) is 0 Å². The minimum absolute atomic E-state index is 0.231.